The van der Waals surface area contributed by atoms with Gasteiger partial charge in [0, 0.05) is 36.2 Å². The number of carbonyl (C=O) groups is 1. The van der Waals surface area contributed by atoms with E-state index < -0.39 is 0 Å². The lowest BCUT2D eigenvalue weighted by atomic mass is 10.0. The Kier molecular flexibility index (Phi) is 3.11. The summed E-state index contributed by atoms with van der Waals surface area (Å²) in [6, 6.07) is 4.34. The highest BCUT2D eigenvalue weighted by atomic mass is 79.9. The Hall–Kier alpha value is -0.940. The molecule has 2 atom stereocenters. The van der Waals surface area contributed by atoms with Crippen LogP contribution in [0.2, 0.25) is 0 Å². The highest BCUT2D eigenvalue weighted by molar-refractivity contribution is 9.10. The van der Waals surface area contributed by atoms with Gasteiger partial charge in [0.25, 0.3) is 5.91 Å². The molecule has 0 aliphatic carbocycles. The second kappa shape index (κ2) is 4.63. The van der Waals surface area contributed by atoms with Crippen molar-refractivity contribution in [3.05, 3.63) is 34.1 Å². The van der Waals surface area contributed by atoms with Crippen LogP contribution in [0.1, 0.15) is 10.4 Å². The monoisotopic (exact) mass is 312 g/mol. The second-order valence-corrected chi connectivity index (χ2v) is 5.96. The molecule has 2 aliphatic heterocycles. The molecule has 0 saturated carbocycles. The number of nitrogens with zero attached hydrogens (tertiary/aromatic N) is 1. The van der Waals surface area contributed by atoms with Gasteiger partial charge in [-0.1, -0.05) is 15.9 Å². The van der Waals surface area contributed by atoms with E-state index in [-0.39, 0.29) is 11.7 Å². The zero-order chi connectivity index (χ0) is 12.7. The van der Waals surface area contributed by atoms with Gasteiger partial charge in [-0.25, -0.2) is 4.39 Å². The molecular weight excluding hydrogens is 299 g/mol. The summed E-state index contributed by atoms with van der Waals surface area (Å²) in [5.74, 6) is 0.676. The molecule has 18 heavy (non-hydrogen) atoms. The summed E-state index contributed by atoms with van der Waals surface area (Å²) >= 11 is 3.22. The van der Waals surface area contributed by atoms with Gasteiger partial charge in [-0.05, 0) is 30.0 Å². The maximum absolute atomic E-state index is 13.3. The van der Waals surface area contributed by atoms with E-state index in [0.29, 0.717) is 21.9 Å². The minimum absolute atomic E-state index is 0.0652. The largest absolute Gasteiger partial charge is 0.338 e. The maximum Gasteiger partial charge on any atom is 0.254 e. The van der Waals surface area contributed by atoms with E-state index in [9.17, 15) is 9.18 Å². The van der Waals surface area contributed by atoms with E-state index in [2.05, 4.69) is 21.2 Å². The number of fused-ring (bicyclic) bond motifs is 1. The van der Waals surface area contributed by atoms with Crippen LogP contribution in [0.4, 0.5) is 4.39 Å². The van der Waals surface area contributed by atoms with E-state index >= 15 is 0 Å². The van der Waals surface area contributed by atoms with Crippen LogP contribution in [0.25, 0.3) is 0 Å². The fourth-order valence-electron chi connectivity index (χ4n) is 2.88. The van der Waals surface area contributed by atoms with Crippen LogP contribution in [-0.4, -0.2) is 37.0 Å². The zero-order valence-electron chi connectivity index (χ0n) is 9.83. The Morgan fingerprint density at radius 3 is 2.56 bits per heavy atom. The number of amides is 1. The van der Waals surface area contributed by atoms with Crippen molar-refractivity contribution in [2.45, 2.75) is 0 Å². The van der Waals surface area contributed by atoms with Gasteiger partial charge in [0.05, 0.1) is 0 Å². The molecule has 0 radical (unpaired) electrons. The lowest BCUT2D eigenvalue weighted by Gasteiger charge is -2.17. The lowest BCUT2D eigenvalue weighted by Crippen LogP contribution is -2.31. The summed E-state index contributed by atoms with van der Waals surface area (Å²) in [6.45, 7) is 3.54. The van der Waals surface area contributed by atoms with Gasteiger partial charge in [0.15, 0.2) is 0 Å². The number of benzene rings is 1. The average Bonchev–Trinajstić information content (AvgIpc) is 2.86. The Morgan fingerprint density at radius 2 is 1.94 bits per heavy atom. The van der Waals surface area contributed by atoms with Crippen molar-refractivity contribution in [3.8, 4) is 0 Å². The number of carbonyl (C=O) groups excluding carboxylic acids is 1. The van der Waals surface area contributed by atoms with Crippen molar-refractivity contribution in [2.75, 3.05) is 26.2 Å². The van der Waals surface area contributed by atoms with Crippen LogP contribution < -0.4 is 5.32 Å². The Bertz CT molecular complexity index is 462. The third-order valence-corrected chi connectivity index (χ3v) is 4.24. The van der Waals surface area contributed by atoms with E-state index in [1.54, 1.807) is 6.07 Å². The smallest absolute Gasteiger partial charge is 0.254 e. The molecule has 3 nitrogen and oxygen atoms in total. The van der Waals surface area contributed by atoms with Gasteiger partial charge >= 0.3 is 0 Å². The summed E-state index contributed by atoms with van der Waals surface area (Å²) in [5.41, 5.74) is 0.426. The molecule has 0 bridgehead atoms. The molecule has 2 aliphatic rings. The lowest BCUT2D eigenvalue weighted by molar-refractivity contribution is 0.0781. The molecule has 2 saturated heterocycles. The molecule has 3 rings (SSSR count). The molecule has 96 valence electrons. The molecule has 5 heteroatoms. The van der Waals surface area contributed by atoms with Crippen molar-refractivity contribution in [2.24, 2.45) is 11.8 Å². The molecule has 0 spiro atoms. The maximum atomic E-state index is 13.3. The van der Waals surface area contributed by atoms with Crippen molar-refractivity contribution in [3.63, 3.8) is 0 Å². The number of nitrogens with one attached hydrogen (secondary N) is 1. The first kappa shape index (κ1) is 12.1. The van der Waals surface area contributed by atoms with Crippen molar-refractivity contribution < 1.29 is 9.18 Å². The van der Waals surface area contributed by atoms with Crippen LogP contribution in [-0.2, 0) is 0 Å². The first-order valence-corrected chi connectivity index (χ1v) is 6.89. The third kappa shape index (κ3) is 2.17. The summed E-state index contributed by atoms with van der Waals surface area (Å²) in [4.78, 5) is 14.1. The van der Waals surface area contributed by atoms with Crippen LogP contribution in [0.5, 0.6) is 0 Å². The number of hydrogen-bond donors (Lipinski definition) is 1. The van der Waals surface area contributed by atoms with Gasteiger partial charge in [-0.2, -0.15) is 0 Å². The van der Waals surface area contributed by atoms with Crippen molar-refractivity contribution in [1.82, 2.24) is 10.2 Å². The highest BCUT2D eigenvalue weighted by Gasteiger charge is 2.38. The molecule has 2 heterocycles. The van der Waals surface area contributed by atoms with E-state index in [4.69, 9.17) is 0 Å². The fourth-order valence-corrected chi connectivity index (χ4v) is 3.35. The standard InChI is InChI=1S/C13H14BrFN2O/c14-11-1-8(2-12(15)3-11)13(18)17-6-9-4-16-5-10(9)7-17/h1-3,9-10,16H,4-7H2. The van der Waals surface area contributed by atoms with Crippen LogP contribution in [0, 0.1) is 17.7 Å². The number of rotatable bonds is 1. The third-order valence-electron chi connectivity index (χ3n) is 3.79. The Labute approximate surface area is 113 Å². The number of halogens is 2. The molecule has 1 amide bonds. The summed E-state index contributed by atoms with van der Waals surface area (Å²) < 4.78 is 13.9. The first-order chi connectivity index (χ1) is 8.63. The normalized spacial score (nSPS) is 26.4. The molecule has 2 unspecified atom stereocenters. The Balaban J connectivity index is 1.78. The zero-order valence-corrected chi connectivity index (χ0v) is 11.4. The van der Waals surface area contributed by atoms with Crippen molar-refractivity contribution >= 4 is 21.8 Å². The summed E-state index contributed by atoms with van der Waals surface area (Å²) in [5, 5.41) is 3.34. The quantitative estimate of drug-likeness (QED) is 0.859. The first-order valence-electron chi connectivity index (χ1n) is 6.09. The van der Waals surface area contributed by atoms with E-state index in [0.717, 1.165) is 26.2 Å². The summed E-state index contributed by atoms with van der Waals surface area (Å²) in [6.07, 6.45) is 0. The van der Waals surface area contributed by atoms with Gasteiger partial charge in [-0.15, -0.1) is 0 Å². The Morgan fingerprint density at radius 1 is 1.28 bits per heavy atom. The highest BCUT2D eigenvalue weighted by Crippen LogP contribution is 2.28. The topological polar surface area (TPSA) is 32.3 Å². The molecule has 1 N–H and O–H groups in total. The van der Waals surface area contributed by atoms with Crippen LogP contribution in [0.15, 0.2) is 22.7 Å². The van der Waals surface area contributed by atoms with E-state index in [1.807, 2.05) is 4.90 Å². The molecule has 2 fully saturated rings. The molecular formula is C13H14BrFN2O. The van der Waals surface area contributed by atoms with E-state index in [1.165, 1.54) is 12.1 Å². The van der Waals surface area contributed by atoms with Crippen molar-refractivity contribution in [1.29, 1.82) is 0 Å². The molecule has 0 aromatic heterocycles. The minimum atomic E-state index is -0.381. The second-order valence-electron chi connectivity index (χ2n) is 5.05. The van der Waals surface area contributed by atoms with Gasteiger partial charge < -0.3 is 10.2 Å². The van der Waals surface area contributed by atoms with Crippen LogP contribution >= 0.6 is 15.9 Å². The van der Waals surface area contributed by atoms with Gasteiger partial charge in [-0.3, -0.25) is 4.79 Å². The number of likely N-dealkylation sites (tertiary alicyclic amines) is 1. The summed E-state index contributed by atoms with van der Waals surface area (Å²) in [7, 11) is 0. The minimum Gasteiger partial charge on any atom is -0.338 e. The fraction of sp³-hybridized carbons (Fsp3) is 0.462. The van der Waals surface area contributed by atoms with Gasteiger partial charge in [0.1, 0.15) is 5.82 Å². The van der Waals surface area contributed by atoms with Crippen LogP contribution in [0.3, 0.4) is 0 Å². The predicted molar refractivity (Wildman–Crippen MR) is 69.9 cm³/mol. The average molecular weight is 313 g/mol. The number of hydrogen-bond acceptors (Lipinski definition) is 2. The molecule has 1 aromatic rings. The molecule has 1 aromatic carbocycles. The van der Waals surface area contributed by atoms with Gasteiger partial charge in [0.2, 0.25) is 0 Å². The predicted octanol–water partition coefficient (Wildman–Crippen LogP) is 1.88. The SMILES string of the molecule is O=C(c1cc(F)cc(Br)c1)N1CC2CNCC2C1.